The second kappa shape index (κ2) is 5.20. The summed E-state index contributed by atoms with van der Waals surface area (Å²) in [4.78, 5) is 2.31. The smallest absolute Gasteiger partial charge is 0.0654 e. The lowest BCUT2D eigenvalue weighted by Crippen LogP contribution is -2.34. The fourth-order valence-electron chi connectivity index (χ4n) is 1.86. The molecule has 3 unspecified atom stereocenters. The summed E-state index contributed by atoms with van der Waals surface area (Å²) >= 11 is 3.77. The van der Waals surface area contributed by atoms with Crippen LogP contribution in [-0.4, -0.2) is 42.4 Å². The van der Waals surface area contributed by atoms with Crippen molar-refractivity contribution in [3.05, 3.63) is 0 Å². The van der Waals surface area contributed by atoms with Crippen LogP contribution in [0.2, 0.25) is 0 Å². The summed E-state index contributed by atoms with van der Waals surface area (Å²) in [5, 5.41) is 9.01. The Balaban J connectivity index is 2.40. The molecule has 0 aromatic rings. The molecule has 3 nitrogen and oxygen atoms in total. The van der Waals surface area contributed by atoms with E-state index in [1.807, 2.05) is 0 Å². The van der Waals surface area contributed by atoms with Crippen LogP contribution >= 0.6 is 12.9 Å². The summed E-state index contributed by atoms with van der Waals surface area (Å²) in [5.74, 6) is 1.20. The minimum Gasteiger partial charge on any atom is -0.395 e. The molecule has 13 heavy (non-hydrogen) atoms. The van der Waals surface area contributed by atoms with Gasteiger partial charge in [-0.1, -0.05) is 6.92 Å². The zero-order valence-corrected chi connectivity index (χ0v) is 9.20. The van der Waals surface area contributed by atoms with Gasteiger partial charge < -0.3 is 9.29 Å². The number of thiol groups is 1. The number of aliphatic hydroxyl groups is 1. The molecule has 78 valence electrons. The van der Waals surface area contributed by atoms with Crippen LogP contribution in [-0.2, 0) is 4.18 Å². The molecule has 0 amide bonds. The predicted octanol–water partition coefficient (Wildman–Crippen LogP) is 0.796. The van der Waals surface area contributed by atoms with Gasteiger partial charge in [-0.3, -0.25) is 4.90 Å². The van der Waals surface area contributed by atoms with Gasteiger partial charge in [-0.2, -0.15) is 0 Å². The number of rotatable bonds is 4. The standard InChI is InChI=1S/C9H19NO2S/c1-7-3-10(8(2)5-11)4-9(7)6-12-13/h7-9,11,13H,3-6H2,1-2H3. The molecule has 1 N–H and O–H groups in total. The molecule has 0 radical (unpaired) electrons. The Labute approximate surface area is 85.7 Å². The van der Waals surface area contributed by atoms with Crippen LogP contribution in [0.4, 0.5) is 0 Å². The molecule has 0 bridgehead atoms. The van der Waals surface area contributed by atoms with Crippen molar-refractivity contribution < 1.29 is 9.29 Å². The van der Waals surface area contributed by atoms with E-state index < -0.39 is 0 Å². The average Bonchev–Trinajstić information content (AvgIpc) is 2.47. The highest BCUT2D eigenvalue weighted by atomic mass is 32.1. The first-order valence-electron chi connectivity index (χ1n) is 4.80. The fourth-order valence-corrected chi connectivity index (χ4v) is 2.05. The van der Waals surface area contributed by atoms with Crippen molar-refractivity contribution in [2.45, 2.75) is 19.9 Å². The van der Waals surface area contributed by atoms with E-state index in [-0.39, 0.29) is 12.6 Å². The maximum absolute atomic E-state index is 9.01. The number of aliphatic hydroxyl groups excluding tert-OH is 1. The summed E-state index contributed by atoms with van der Waals surface area (Å²) < 4.78 is 4.86. The monoisotopic (exact) mass is 205 g/mol. The molecule has 1 aliphatic rings. The summed E-state index contributed by atoms with van der Waals surface area (Å²) in [6, 6.07) is 0.271. The van der Waals surface area contributed by atoms with Crippen LogP contribution in [0.1, 0.15) is 13.8 Å². The SMILES string of the molecule is CC1CN(C(C)CO)CC1COS. The first-order chi connectivity index (χ1) is 6.19. The average molecular weight is 205 g/mol. The van der Waals surface area contributed by atoms with Gasteiger partial charge in [-0.05, 0) is 25.8 Å². The molecule has 3 atom stereocenters. The molecule has 1 saturated heterocycles. The molecule has 0 aromatic carbocycles. The Morgan fingerprint density at radius 1 is 1.62 bits per heavy atom. The van der Waals surface area contributed by atoms with Gasteiger partial charge in [0, 0.05) is 25.0 Å². The second-order valence-electron chi connectivity index (χ2n) is 4.02. The van der Waals surface area contributed by atoms with Crippen LogP contribution in [0.3, 0.4) is 0 Å². The highest BCUT2D eigenvalue weighted by Gasteiger charge is 2.31. The van der Waals surface area contributed by atoms with E-state index in [0.29, 0.717) is 18.4 Å². The van der Waals surface area contributed by atoms with E-state index >= 15 is 0 Å². The molecule has 1 aliphatic heterocycles. The Hall–Kier alpha value is 0.230. The molecule has 0 aliphatic carbocycles. The van der Waals surface area contributed by atoms with Gasteiger partial charge >= 0.3 is 0 Å². The van der Waals surface area contributed by atoms with Crippen molar-refractivity contribution in [1.82, 2.24) is 4.90 Å². The van der Waals surface area contributed by atoms with Crippen molar-refractivity contribution >= 4 is 12.9 Å². The topological polar surface area (TPSA) is 32.7 Å². The molecule has 0 aromatic heterocycles. The van der Waals surface area contributed by atoms with Gasteiger partial charge in [0.25, 0.3) is 0 Å². The summed E-state index contributed by atoms with van der Waals surface area (Å²) in [6.07, 6.45) is 0. The van der Waals surface area contributed by atoms with Crippen LogP contribution in [0.25, 0.3) is 0 Å². The molecule has 0 saturated carbocycles. The summed E-state index contributed by atoms with van der Waals surface area (Å²) in [5.41, 5.74) is 0. The van der Waals surface area contributed by atoms with Gasteiger partial charge in [0.2, 0.25) is 0 Å². The summed E-state index contributed by atoms with van der Waals surface area (Å²) in [6.45, 7) is 7.30. The second-order valence-corrected chi connectivity index (χ2v) is 4.28. The van der Waals surface area contributed by atoms with E-state index in [4.69, 9.17) is 9.29 Å². The van der Waals surface area contributed by atoms with Gasteiger partial charge in [0.1, 0.15) is 0 Å². The van der Waals surface area contributed by atoms with Crippen molar-refractivity contribution in [1.29, 1.82) is 0 Å². The van der Waals surface area contributed by atoms with E-state index in [0.717, 1.165) is 13.1 Å². The number of hydrogen-bond acceptors (Lipinski definition) is 4. The Kier molecular flexibility index (Phi) is 4.52. The fraction of sp³-hybridized carbons (Fsp3) is 1.00. The third-order valence-corrected chi connectivity index (χ3v) is 3.12. The number of nitrogens with zero attached hydrogens (tertiary/aromatic N) is 1. The van der Waals surface area contributed by atoms with Crippen LogP contribution in [0.5, 0.6) is 0 Å². The largest absolute Gasteiger partial charge is 0.395 e. The van der Waals surface area contributed by atoms with Gasteiger partial charge in [-0.25, -0.2) is 0 Å². The van der Waals surface area contributed by atoms with E-state index in [2.05, 4.69) is 31.7 Å². The number of hydrogen-bond donors (Lipinski definition) is 2. The van der Waals surface area contributed by atoms with E-state index in [9.17, 15) is 0 Å². The van der Waals surface area contributed by atoms with Gasteiger partial charge in [0.15, 0.2) is 0 Å². The van der Waals surface area contributed by atoms with Crippen LogP contribution < -0.4 is 0 Å². The molecular formula is C9H19NO2S. The molecular weight excluding hydrogens is 186 g/mol. The third-order valence-electron chi connectivity index (χ3n) is 2.97. The zero-order chi connectivity index (χ0) is 9.84. The Morgan fingerprint density at radius 3 is 2.85 bits per heavy atom. The Morgan fingerprint density at radius 2 is 2.31 bits per heavy atom. The maximum atomic E-state index is 9.01. The van der Waals surface area contributed by atoms with Crippen molar-refractivity contribution in [2.75, 3.05) is 26.3 Å². The zero-order valence-electron chi connectivity index (χ0n) is 8.31. The normalized spacial score (nSPS) is 32.3. The molecule has 1 rings (SSSR count). The van der Waals surface area contributed by atoms with Crippen molar-refractivity contribution in [2.24, 2.45) is 11.8 Å². The lowest BCUT2D eigenvalue weighted by molar-refractivity contribution is 0.150. The predicted molar refractivity (Wildman–Crippen MR) is 55.7 cm³/mol. The third kappa shape index (κ3) is 2.84. The highest BCUT2D eigenvalue weighted by Crippen LogP contribution is 2.24. The molecule has 1 heterocycles. The van der Waals surface area contributed by atoms with Gasteiger partial charge in [0.05, 0.1) is 13.2 Å². The van der Waals surface area contributed by atoms with Crippen LogP contribution in [0.15, 0.2) is 0 Å². The highest BCUT2D eigenvalue weighted by molar-refractivity contribution is 7.75. The van der Waals surface area contributed by atoms with Crippen LogP contribution in [0, 0.1) is 11.8 Å². The lowest BCUT2D eigenvalue weighted by atomic mass is 10.00. The molecule has 4 heteroatoms. The first-order valence-corrected chi connectivity index (χ1v) is 5.16. The minimum atomic E-state index is 0.237. The number of likely N-dealkylation sites (tertiary alicyclic amines) is 1. The lowest BCUT2D eigenvalue weighted by Gasteiger charge is -2.21. The Bertz CT molecular complexity index is 157. The van der Waals surface area contributed by atoms with Crippen molar-refractivity contribution in [3.63, 3.8) is 0 Å². The summed E-state index contributed by atoms with van der Waals surface area (Å²) in [7, 11) is 0. The van der Waals surface area contributed by atoms with E-state index in [1.165, 1.54) is 0 Å². The molecule has 0 spiro atoms. The van der Waals surface area contributed by atoms with Gasteiger partial charge in [-0.15, -0.1) is 0 Å². The maximum Gasteiger partial charge on any atom is 0.0654 e. The molecule has 1 fully saturated rings. The van der Waals surface area contributed by atoms with Crippen molar-refractivity contribution in [3.8, 4) is 0 Å². The van der Waals surface area contributed by atoms with E-state index in [1.54, 1.807) is 0 Å². The minimum absolute atomic E-state index is 0.237. The first kappa shape index (κ1) is 11.3. The quantitative estimate of drug-likeness (QED) is 0.526.